The number of phenolic OH excluding ortho intramolecular Hbond substituents is 1. The molecule has 0 spiro atoms. The summed E-state index contributed by atoms with van der Waals surface area (Å²) in [7, 11) is 2.97. The van der Waals surface area contributed by atoms with Crippen molar-refractivity contribution in [3.05, 3.63) is 53.1 Å². The van der Waals surface area contributed by atoms with Crippen molar-refractivity contribution in [3.8, 4) is 23.0 Å². The molecule has 2 unspecified atom stereocenters. The molecule has 2 aromatic rings. The summed E-state index contributed by atoms with van der Waals surface area (Å²) in [5.74, 6) is -0.580. The molecule has 0 bridgehead atoms. The number of benzene rings is 2. The molecule has 1 aliphatic rings. The van der Waals surface area contributed by atoms with E-state index in [1.165, 1.54) is 32.4 Å². The molecule has 8 heteroatoms. The van der Waals surface area contributed by atoms with E-state index < -0.39 is 24.0 Å². The third-order valence-electron chi connectivity index (χ3n) is 4.93. The fraction of sp³-hybridized carbons (Fsp3) is 0.333. The number of methoxy groups -OCH3 is 2. The van der Waals surface area contributed by atoms with Gasteiger partial charge in [-0.25, -0.2) is 4.79 Å². The predicted octanol–water partition coefficient (Wildman–Crippen LogP) is 3.77. The van der Waals surface area contributed by atoms with Crippen LogP contribution in [0.15, 0.2) is 36.4 Å². The number of fused-ring (bicyclic) bond motifs is 1. The van der Waals surface area contributed by atoms with Gasteiger partial charge in [-0.05, 0) is 49.8 Å². The van der Waals surface area contributed by atoms with Crippen molar-refractivity contribution in [3.63, 3.8) is 0 Å². The molecule has 1 N–H and O–H groups in total. The molecule has 170 valence electrons. The first-order chi connectivity index (χ1) is 15.4. The Bertz CT molecular complexity index is 1030. The second-order valence-corrected chi connectivity index (χ2v) is 6.96. The van der Waals surface area contributed by atoms with Crippen molar-refractivity contribution < 1.29 is 38.4 Å². The molecule has 0 aromatic heterocycles. The zero-order valence-corrected chi connectivity index (χ0v) is 18.4. The van der Waals surface area contributed by atoms with Crippen molar-refractivity contribution in [2.24, 2.45) is 0 Å². The summed E-state index contributed by atoms with van der Waals surface area (Å²) in [6, 6.07) is 8.11. The molecule has 0 fully saturated rings. The Labute approximate surface area is 186 Å². The first-order valence-electron chi connectivity index (χ1n) is 10.2. The Balaban J connectivity index is 2.09. The standard InChI is InChI=1S/C24H26O8/c1-5-30-20(26)8-7-14-9-18-21(24(27)31-6-2)22(32-23(18)19(10-14)29-4)15-11-16(25)13-17(12-15)28-3/h7-13,21-22,25H,5-6H2,1-4H3. The van der Waals surface area contributed by atoms with E-state index in [1.54, 1.807) is 38.1 Å². The number of esters is 2. The first-order valence-corrected chi connectivity index (χ1v) is 10.2. The lowest BCUT2D eigenvalue weighted by molar-refractivity contribution is -0.146. The van der Waals surface area contributed by atoms with Crippen LogP contribution in [0.1, 0.15) is 42.6 Å². The highest BCUT2D eigenvalue weighted by molar-refractivity contribution is 5.88. The molecule has 2 atom stereocenters. The van der Waals surface area contributed by atoms with Crippen LogP contribution in [0.25, 0.3) is 6.08 Å². The van der Waals surface area contributed by atoms with Crippen LogP contribution >= 0.6 is 0 Å². The summed E-state index contributed by atoms with van der Waals surface area (Å²) in [6.45, 7) is 3.91. The van der Waals surface area contributed by atoms with Crippen LogP contribution in [0, 0.1) is 0 Å². The second kappa shape index (κ2) is 10.1. The van der Waals surface area contributed by atoms with E-state index in [2.05, 4.69) is 0 Å². The van der Waals surface area contributed by atoms with Crippen LogP contribution in [-0.4, -0.2) is 44.5 Å². The van der Waals surface area contributed by atoms with Crippen molar-refractivity contribution in [2.45, 2.75) is 25.9 Å². The summed E-state index contributed by atoms with van der Waals surface area (Å²) < 4.78 is 27.1. The number of carbonyl (C=O) groups excluding carboxylic acids is 2. The minimum atomic E-state index is -0.818. The monoisotopic (exact) mass is 442 g/mol. The molecular weight excluding hydrogens is 416 g/mol. The highest BCUT2D eigenvalue weighted by atomic mass is 16.5. The average Bonchev–Trinajstić information content (AvgIpc) is 3.16. The number of hydrogen-bond donors (Lipinski definition) is 1. The summed E-state index contributed by atoms with van der Waals surface area (Å²) in [5, 5.41) is 10.1. The lowest BCUT2D eigenvalue weighted by Crippen LogP contribution is -2.21. The molecule has 0 saturated heterocycles. The number of aromatic hydroxyl groups is 1. The molecule has 32 heavy (non-hydrogen) atoms. The molecule has 2 aromatic carbocycles. The van der Waals surface area contributed by atoms with Crippen LogP contribution < -0.4 is 14.2 Å². The Morgan fingerprint density at radius 1 is 1.03 bits per heavy atom. The maximum atomic E-state index is 13.0. The van der Waals surface area contributed by atoms with Gasteiger partial charge >= 0.3 is 11.9 Å². The van der Waals surface area contributed by atoms with Gasteiger partial charge in [0.2, 0.25) is 0 Å². The number of hydrogen-bond acceptors (Lipinski definition) is 8. The average molecular weight is 442 g/mol. The number of rotatable bonds is 8. The highest BCUT2D eigenvalue weighted by Gasteiger charge is 2.43. The van der Waals surface area contributed by atoms with E-state index in [0.717, 1.165) is 0 Å². The van der Waals surface area contributed by atoms with E-state index in [9.17, 15) is 14.7 Å². The van der Waals surface area contributed by atoms with Gasteiger partial charge in [0.05, 0.1) is 27.4 Å². The van der Waals surface area contributed by atoms with Crippen molar-refractivity contribution in [2.75, 3.05) is 27.4 Å². The SMILES string of the molecule is CCOC(=O)C=Cc1cc(OC)c2c(c1)C(C(=O)OCC)C(c1cc(O)cc(OC)c1)O2. The largest absolute Gasteiger partial charge is 0.508 e. The number of phenols is 1. The van der Waals surface area contributed by atoms with E-state index >= 15 is 0 Å². The van der Waals surface area contributed by atoms with Gasteiger partial charge in [-0.1, -0.05) is 0 Å². The van der Waals surface area contributed by atoms with Crippen LogP contribution in [-0.2, 0) is 19.1 Å². The third-order valence-corrected chi connectivity index (χ3v) is 4.93. The lowest BCUT2D eigenvalue weighted by atomic mass is 9.89. The van der Waals surface area contributed by atoms with Gasteiger partial charge < -0.3 is 28.8 Å². The van der Waals surface area contributed by atoms with E-state index in [4.69, 9.17) is 23.7 Å². The molecular formula is C24H26O8. The summed E-state index contributed by atoms with van der Waals surface area (Å²) in [5.41, 5.74) is 1.72. The smallest absolute Gasteiger partial charge is 0.330 e. The minimum Gasteiger partial charge on any atom is -0.508 e. The van der Waals surface area contributed by atoms with Gasteiger partial charge in [0.15, 0.2) is 11.5 Å². The fourth-order valence-corrected chi connectivity index (χ4v) is 3.59. The van der Waals surface area contributed by atoms with Gasteiger partial charge in [0.1, 0.15) is 23.5 Å². The normalized spacial score (nSPS) is 16.9. The van der Waals surface area contributed by atoms with Crippen LogP contribution in [0.5, 0.6) is 23.0 Å². The quantitative estimate of drug-likeness (QED) is 0.487. The zero-order chi connectivity index (χ0) is 23.3. The van der Waals surface area contributed by atoms with Gasteiger partial charge in [-0.2, -0.15) is 0 Å². The summed E-state index contributed by atoms with van der Waals surface area (Å²) in [4.78, 5) is 24.7. The highest BCUT2D eigenvalue weighted by Crippen LogP contribution is 2.52. The van der Waals surface area contributed by atoms with Gasteiger partial charge in [0.25, 0.3) is 0 Å². The van der Waals surface area contributed by atoms with Crippen molar-refractivity contribution in [1.29, 1.82) is 0 Å². The van der Waals surface area contributed by atoms with E-state index in [0.29, 0.717) is 33.9 Å². The molecule has 1 heterocycles. The van der Waals surface area contributed by atoms with E-state index in [1.807, 2.05) is 0 Å². The Kier molecular flexibility index (Phi) is 7.25. The van der Waals surface area contributed by atoms with Crippen LogP contribution in [0.3, 0.4) is 0 Å². The third kappa shape index (κ3) is 4.80. The molecule has 8 nitrogen and oxygen atoms in total. The van der Waals surface area contributed by atoms with Gasteiger partial charge in [0, 0.05) is 23.3 Å². The Morgan fingerprint density at radius 3 is 2.44 bits per heavy atom. The molecule has 1 aliphatic heterocycles. The van der Waals surface area contributed by atoms with Gasteiger partial charge in [-0.15, -0.1) is 0 Å². The molecule has 3 rings (SSSR count). The number of carbonyl (C=O) groups is 2. The minimum absolute atomic E-state index is 0.0217. The maximum Gasteiger partial charge on any atom is 0.330 e. The summed E-state index contributed by atoms with van der Waals surface area (Å²) in [6.07, 6.45) is 2.11. The van der Waals surface area contributed by atoms with Gasteiger partial charge in [-0.3, -0.25) is 4.79 Å². The van der Waals surface area contributed by atoms with Crippen LogP contribution in [0.4, 0.5) is 0 Å². The maximum absolute atomic E-state index is 13.0. The topological polar surface area (TPSA) is 101 Å². The van der Waals surface area contributed by atoms with Crippen molar-refractivity contribution >= 4 is 18.0 Å². The number of ether oxygens (including phenoxy) is 5. The van der Waals surface area contributed by atoms with E-state index in [-0.39, 0.29) is 19.0 Å². The Morgan fingerprint density at radius 2 is 1.78 bits per heavy atom. The fourth-order valence-electron chi connectivity index (χ4n) is 3.59. The zero-order valence-electron chi connectivity index (χ0n) is 18.4. The summed E-state index contributed by atoms with van der Waals surface area (Å²) >= 11 is 0. The first kappa shape index (κ1) is 23.0. The molecule has 0 saturated carbocycles. The molecule has 0 amide bonds. The second-order valence-electron chi connectivity index (χ2n) is 6.96. The van der Waals surface area contributed by atoms with Crippen molar-refractivity contribution in [1.82, 2.24) is 0 Å². The predicted molar refractivity (Wildman–Crippen MR) is 116 cm³/mol. The lowest BCUT2D eigenvalue weighted by Gasteiger charge is -2.19. The molecule has 0 radical (unpaired) electrons. The van der Waals surface area contributed by atoms with Crippen LogP contribution in [0.2, 0.25) is 0 Å². The Hall–Kier alpha value is -3.68. The molecule has 0 aliphatic carbocycles.